The Kier molecular flexibility index (Phi) is 5.17. The van der Waals surface area contributed by atoms with Crippen LogP contribution in [0.2, 0.25) is 0 Å². The first-order chi connectivity index (χ1) is 9.81. The fourth-order valence-corrected chi connectivity index (χ4v) is 1.74. The van der Waals surface area contributed by atoms with E-state index in [-0.39, 0.29) is 0 Å². The van der Waals surface area contributed by atoms with Crippen LogP contribution in [0.25, 0.3) is 0 Å². The van der Waals surface area contributed by atoms with Gasteiger partial charge in [0.2, 0.25) is 0 Å². The second-order valence-corrected chi connectivity index (χ2v) is 4.30. The van der Waals surface area contributed by atoms with Gasteiger partial charge >= 0.3 is 0 Å². The number of hydrogen-bond acceptors (Lipinski definition) is 5. The van der Waals surface area contributed by atoms with Crippen molar-refractivity contribution in [1.29, 1.82) is 0 Å². The number of benzene rings is 1. The van der Waals surface area contributed by atoms with Crippen molar-refractivity contribution in [1.82, 2.24) is 9.97 Å². The number of anilines is 3. The van der Waals surface area contributed by atoms with Crippen LogP contribution >= 0.6 is 0 Å². The highest BCUT2D eigenvalue weighted by molar-refractivity contribution is 5.58. The largest absolute Gasteiger partial charge is 0.494 e. The first-order valence-electron chi connectivity index (χ1n) is 6.87. The summed E-state index contributed by atoms with van der Waals surface area (Å²) in [7, 11) is 0. The average molecular weight is 272 g/mol. The number of nitrogens with zero attached hydrogens (tertiary/aromatic N) is 2. The number of ether oxygens (including phenoxy) is 1. The van der Waals surface area contributed by atoms with Gasteiger partial charge in [-0.2, -0.15) is 0 Å². The van der Waals surface area contributed by atoms with Gasteiger partial charge in [0.15, 0.2) is 5.82 Å². The molecule has 1 aromatic heterocycles. The van der Waals surface area contributed by atoms with E-state index in [0.717, 1.165) is 30.2 Å². The summed E-state index contributed by atoms with van der Waals surface area (Å²) in [4.78, 5) is 8.63. The predicted molar refractivity (Wildman–Crippen MR) is 81.7 cm³/mol. The number of aromatic nitrogens is 2. The summed E-state index contributed by atoms with van der Waals surface area (Å²) in [5.41, 5.74) is 0.929. The molecule has 0 aliphatic carbocycles. The summed E-state index contributed by atoms with van der Waals surface area (Å²) in [6, 6.07) is 7.78. The van der Waals surface area contributed by atoms with E-state index in [1.165, 1.54) is 0 Å². The maximum atomic E-state index is 5.47. The molecule has 0 amide bonds. The number of nitrogens with one attached hydrogen (secondary N) is 2. The van der Waals surface area contributed by atoms with Crippen molar-refractivity contribution in [3.05, 3.63) is 36.7 Å². The van der Waals surface area contributed by atoms with Crippen LogP contribution in [0.3, 0.4) is 0 Å². The molecule has 1 heterocycles. The van der Waals surface area contributed by atoms with E-state index in [1.54, 1.807) is 12.4 Å². The van der Waals surface area contributed by atoms with E-state index >= 15 is 0 Å². The summed E-state index contributed by atoms with van der Waals surface area (Å²) in [6.45, 7) is 5.62. The lowest BCUT2D eigenvalue weighted by Crippen LogP contribution is -2.04. The molecule has 5 nitrogen and oxygen atoms in total. The number of rotatable bonds is 7. The predicted octanol–water partition coefficient (Wildman–Crippen LogP) is 3.44. The SMILES string of the molecule is CCCNc1cncc(Nc2cccc(OCC)c2)n1. The zero-order chi connectivity index (χ0) is 14.2. The molecule has 0 atom stereocenters. The van der Waals surface area contributed by atoms with Crippen LogP contribution < -0.4 is 15.4 Å². The Morgan fingerprint density at radius 3 is 2.80 bits per heavy atom. The van der Waals surface area contributed by atoms with Crippen LogP contribution in [0, 0.1) is 0 Å². The van der Waals surface area contributed by atoms with Gasteiger partial charge in [-0.05, 0) is 25.5 Å². The molecule has 0 radical (unpaired) electrons. The van der Waals surface area contributed by atoms with Gasteiger partial charge in [-0.3, -0.25) is 4.98 Å². The van der Waals surface area contributed by atoms with Crippen molar-refractivity contribution in [2.45, 2.75) is 20.3 Å². The zero-order valence-electron chi connectivity index (χ0n) is 11.9. The lowest BCUT2D eigenvalue weighted by molar-refractivity contribution is 0.340. The molecule has 106 valence electrons. The highest BCUT2D eigenvalue weighted by Crippen LogP contribution is 2.20. The first-order valence-corrected chi connectivity index (χ1v) is 6.87. The van der Waals surface area contributed by atoms with Gasteiger partial charge in [-0.15, -0.1) is 0 Å². The molecule has 5 heteroatoms. The Bertz CT molecular complexity index is 545. The third-order valence-electron chi connectivity index (χ3n) is 2.61. The Balaban J connectivity index is 2.07. The second-order valence-electron chi connectivity index (χ2n) is 4.30. The van der Waals surface area contributed by atoms with E-state index < -0.39 is 0 Å². The molecule has 0 saturated heterocycles. The van der Waals surface area contributed by atoms with E-state index in [0.29, 0.717) is 12.4 Å². The molecule has 1 aromatic carbocycles. The molecule has 20 heavy (non-hydrogen) atoms. The van der Waals surface area contributed by atoms with Crippen molar-refractivity contribution < 1.29 is 4.74 Å². The zero-order valence-corrected chi connectivity index (χ0v) is 11.9. The second kappa shape index (κ2) is 7.33. The highest BCUT2D eigenvalue weighted by atomic mass is 16.5. The topological polar surface area (TPSA) is 59.1 Å². The standard InChI is InChI=1S/C15H20N4O/c1-3-8-17-14-10-16-11-15(19-14)18-12-6-5-7-13(9-12)20-4-2/h5-7,9-11H,3-4,8H2,1-2H3,(H2,17,18,19). The van der Waals surface area contributed by atoms with Crippen molar-refractivity contribution in [3.8, 4) is 5.75 Å². The number of hydrogen-bond donors (Lipinski definition) is 2. The molecule has 2 aromatic rings. The summed E-state index contributed by atoms with van der Waals surface area (Å²) in [5, 5.41) is 6.44. The van der Waals surface area contributed by atoms with Gasteiger partial charge in [0.25, 0.3) is 0 Å². The van der Waals surface area contributed by atoms with E-state index in [9.17, 15) is 0 Å². The maximum Gasteiger partial charge on any atom is 0.151 e. The Morgan fingerprint density at radius 2 is 2.00 bits per heavy atom. The lowest BCUT2D eigenvalue weighted by Gasteiger charge is -2.09. The summed E-state index contributed by atoms with van der Waals surface area (Å²) < 4.78 is 5.47. The Hall–Kier alpha value is -2.30. The van der Waals surface area contributed by atoms with Crippen LogP contribution in [-0.4, -0.2) is 23.1 Å². The van der Waals surface area contributed by atoms with Gasteiger partial charge in [0.1, 0.15) is 11.6 Å². The minimum absolute atomic E-state index is 0.652. The minimum atomic E-state index is 0.652. The fraction of sp³-hybridized carbons (Fsp3) is 0.333. The smallest absolute Gasteiger partial charge is 0.151 e. The Morgan fingerprint density at radius 1 is 1.15 bits per heavy atom. The average Bonchev–Trinajstić information content (AvgIpc) is 2.46. The summed E-state index contributed by atoms with van der Waals surface area (Å²) in [5.74, 6) is 2.32. The van der Waals surface area contributed by atoms with Crippen LogP contribution in [0.4, 0.5) is 17.3 Å². The molecular weight excluding hydrogens is 252 g/mol. The third kappa shape index (κ3) is 4.12. The van der Waals surface area contributed by atoms with Crippen LogP contribution in [-0.2, 0) is 0 Å². The van der Waals surface area contributed by atoms with Gasteiger partial charge < -0.3 is 15.4 Å². The van der Waals surface area contributed by atoms with Gasteiger partial charge in [-0.1, -0.05) is 13.0 Å². The quantitative estimate of drug-likeness (QED) is 0.808. The molecule has 0 fully saturated rings. The molecule has 2 N–H and O–H groups in total. The van der Waals surface area contributed by atoms with Gasteiger partial charge in [0.05, 0.1) is 19.0 Å². The van der Waals surface area contributed by atoms with Crippen LogP contribution in [0.15, 0.2) is 36.7 Å². The molecule has 0 bridgehead atoms. The van der Waals surface area contributed by atoms with E-state index in [1.807, 2.05) is 31.2 Å². The molecule has 0 saturated carbocycles. The normalized spacial score (nSPS) is 10.1. The highest BCUT2D eigenvalue weighted by Gasteiger charge is 2.00. The van der Waals surface area contributed by atoms with E-state index in [2.05, 4.69) is 27.5 Å². The third-order valence-corrected chi connectivity index (χ3v) is 2.61. The van der Waals surface area contributed by atoms with Crippen molar-refractivity contribution in [3.63, 3.8) is 0 Å². The molecule has 0 spiro atoms. The monoisotopic (exact) mass is 272 g/mol. The van der Waals surface area contributed by atoms with Crippen molar-refractivity contribution in [2.75, 3.05) is 23.8 Å². The van der Waals surface area contributed by atoms with Crippen LogP contribution in [0.5, 0.6) is 5.75 Å². The van der Waals surface area contributed by atoms with Crippen molar-refractivity contribution in [2.24, 2.45) is 0 Å². The Labute approximate surface area is 119 Å². The van der Waals surface area contributed by atoms with Gasteiger partial charge in [0, 0.05) is 18.3 Å². The molecule has 0 unspecified atom stereocenters. The summed E-state index contributed by atoms with van der Waals surface area (Å²) in [6.07, 6.45) is 4.47. The van der Waals surface area contributed by atoms with E-state index in [4.69, 9.17) is 4.74 Å². The lowest BCUT2D eigenvalue weighted by atomic mass is 10.3. The molecular formula is C15H20N4O. The fourth-order valence-electron chi connectivity index (χ4n) is 1.74. The van der Waals surface area contributed by atoms with Crippen molar-refractivity contribution >= 4 is 17.3 Å². The summed E-state index contributed by atoms with van der Waals surface area (Å²) >= 11 is 0. The molecule has 0 aliphatic heterocycles. The minimum Gasteiger partial charge on any atom is -0.494 e. The molecule has 2 rings (SSSR count). The maximum absolute atomic E-state index is 5.47. The molecule has 0 aliphatic rings. The van der Waals surface area contributed by atoms with Crippen LogP contribution in [0.1, 0.15) is 20.3 Å². The first kappa shape index (κ1) is 14.1. The van der Waals surface area contributed by atoms with Gasteiger partial charge in [-0.25, -0.2) is 4.98 Å².